The monoisotopic (exact) mass is 245 g/mol. The van der Waals surface area contributed by atoms with Crippen molar-refractivity contribution in [2.24, 2.45) is 7.05 Å². The normalized spacial score (nSPS) is 15.0. The van der Waals surface area contributed by atoms with E-state index < -0.39 is 5.97 Å². The summed E-state index contributed by atoms with van der Waals surface area (Å²) in [5.41, 5.74) is 3.16. The predicted molar refractivity (Wildman–Crippen MR) is 66.6 cm³/mol. The smallest absolute Gasteiger partial charge is 0.352 e. The Morgan fingerprint density at radius 3 is 2.67 bits per heavy atom. The van der Waals surface area contributed by atoms with Crippen molar-refractivity contribution in [1.82, 2.24) is 14.3 Å². The first kappa shape index (κ1) is 11.1. The van der Waals surface area contributed by atoms with Crippen LogP contribution in [0.4, 0.5) is 0 Å². The highest BCUT2D eigenvalue weighted by Crippen LogP contribution is 2.40. The molecule has 1 saturated carbocycles. The minimum atomic E-state index is -0.874. The summed E-state index contributed by atoms with van der Waals surface area (Å²) in [5.74, 6) is -0.874. The lowest BCUT2D eigenvalue weighted by molar-refractivity contribution is 0.0685. The summed E-state index contributed by atoms with van der Waals surface area (Å²) in [6, 6.07) is 5.83. The molecule has 2 aromatic rings. The molecular formula is C13H15N3O2. The fourth-order valence-corrected chi connectivity index (χ4v) is 2.24. The lowest BCUT2D eigenvalue weighted by atomic mass is 10.3. The molecule has 18 heavy (non-hydrogen) atoms. The van der Waals surface area contributed by atoms with Crippen LogP contribution in [0.5, 0.6) is 0 Å². The van der Waals surface area contributed by atoms with Gasteiger partial charge in [0.1, 0.15) is 11.4 Å². The van der Waals surface area contributed by atoms with Crippen molar-refractivity contribution in [3.05, 3.63) is 29.6 Å². The molecule has 1 aliphatic carbocycles. The average molecular weight is 245 g/mol. The second kappa shape index (κ2) is 3.73. The molecule has 1 N–H and O–H groups in total. The maximum Gasteiger partial charge on any atom is 0.352 e. The van der Waals surface area contributed by atoms with E-state index in [9.17, 15) is 9.90 Å². The lowest BCUT2D eigenvalue weighted by Crippen LogP contribution is -2.08. The molecule has 0 radical (unpaired) electrons. The van der Waals surface area contributed by atoms with Crippen molar-refractivity contribution in [2.45, 2.75) is 25.8 Å². The van der Waals surface area contributed by atoms with E-state index in [1.165, 1.54) is 0 Å². The van der Waals surface area contributed by atoms with Crippen LogP contribution in [0.15, 0.2) is 18.2 Å². The van der Waals surface area contributed by atoms with Gasteiger partial charge in [-0.25, -0.2) is 4.79 Å². The zero-order valence-corrected chi connectivity index (χ0v) is 10.4. The van der Waals surface area contributed by atoms with Gasteiger partial charge in [0, 0.05) is 18.8 Å². The van der Waals surface area contributed by atoms with E-state index in [1.54, 1.807) is 10.7 Å². The van der Waals surface area contributed by atoms with E-state index in [-0.39, 0.29) is 0 Å². The Morgan fingerprint density at radius 1 is 1.44 bits per heavy atom. The molecule has 0 amide bonds. The third-order valence-electron chi connectivity index (χ3n) is 3.43. The van der Waals surface area contributed by atoms with E-state index >= 15 is 0 Å². The fourth-order valence-electron chi connectivity index (χ4n) is 2.24. The van der Waals surface area contributed by atoms with E-state index in [4.69, 9.17) is 0 Å². The summed E-state index contributed by atoms with van der Waals surface area (Å²) < 4.78 is 3.71. The van der Waals surface area contributed by atoms with Crippen molar-refractivity contribution in [3.63, 3.8) is 0 Å². The summed E-state index contributed by atoms with van der Waals surface area (Å²) in [7, 11) is 1.89. The molecule has 94 valence electrons. The first-order chi connectivity index (χ1) is 8.58. The summed E-state index contributed by atoms with van der Waals surface area (Å²) in [6.45, 7) is 1.99. The van der Waals surface area contributed by atoms with Gasteiger partial charge in [0.2, 0.25) is 0 Å². The van der Waals surface area contributed by atoms with Gasteiger partial charge in [-0.15, -0.1) is 0 Å². The topological polar surface area (TPSA) is 60.0 Å². The number of carboxylic acid groups (broad SMARTS) is 1. The lowest BCUT2D eigenvalue weighted by Gasteiger charge is -2.08. The van der Waals surface area contributed by atoms with Crippen molar-refractivity contribution in [3.8, 4) is 11.4 Å². The first-order valence-electron chi connectivity index (χ1n) is 6.03. The third-order valence-corrected chi connectivity index (χ3v) is 3.43. The van der Waals surface area contributed by atoms with Gasteiger partial charge in [-0.2, -0.15) is 5.10 Å². The SMILES string of the molecule is Cc1cc(-c2ccc(C(=O)O)n2C2CC2)nn1C. The number of carboxylic acids is 1. The highest BCUT2D eigenvalue weighted by Gasteiger charge is 2.30. The van der Waals surface area contributed by atoms with Gasteiger partial charge in [-0.1, -0.05) is 0 Å². The van der Waals surface area contributed by atoms with E-state index in [1.807, 2.05) is 30.7 Å². The van der Waals surface area contributed by atoms with Crippen LogP contribution in [0.2, 0.25) is 0 Å². The van der Waals surface area contributed by atoms with Gasteiger partial charge in [-0.05, 0) is 38.0 Å². The number of hydrogen-bond acceptors (Lipinski definition) is 2. The molecule has 0 bridgehead atoms. The molecule has 3 rings (SSSR count). The number of carbonyl (C=O) groups is 1. The third kappa shape index (κ3) is 1.63. The number of rotatable bonds is 3. The van der Waals surface area contributed by atoms with Gasteiger partial charge < -0.3 is 9.67 Å². The summed E-state index contributed by atoms with van der Waals surface area (Å²) in [6.07, 6.45) is 2.10. The van der Waals surface area contributed by atoms with E-state index in [0.29, 0.717) is 11.7 Å². The number of hydrogen-bond donors (Lipinski definition) is 1. The van der Waals surface area contributed by atoms with Gasteiger partial charge >= 0.3 is 5.97 Å². The molecule has 1 fully saturated rings. The standard InChI is InChI=1S/C13H15N3O2/c1-8-7-10(14-15(8)2)11-5-6-12(13(17)18)16(11)9-3-4-9/h5-7,9H,3-4H2,1-2H3,(H,17,18). The number of aryl methyl sites for hydroxylation is 2. The predicted octanol–water partition coefficient (Wildman–Crippen LogP) is 2.23. The van der Waals surface area contributed by atoms with Crippen LogP contribution in [0.1, 0.15) is 35.1 Å². The van der Waals surface area contributed by atoms with Gasteiger partial charge in [0.25, 0.3) is 0 Å². The maximum atomic E-state index is 11.2. The van der Waals surface area contributed by atoms with E-state index in [2.05, 4.69) is 5.10 Å². The summed E-state index contributed by atoms with van der Waals surface area (Å²) >= 11 is 0. The van der Waals surface area contributed by atoms with Crippen LogP contribution in [-0.4, -0.2) is 25.4 Å². The molecule has 5 heteroatoms. The van der Waals surface area contributed by atoms with Crippen LogP contribution in [-0.2, 0) is 7.05 Å². The van der Waals surface area contributed by atoms with Crippen LogP contribution < -0.4 is 0 Å². The molecule has 2 aromatic heterocycles. The molecule has 0 aromatic carbocycles. The largest absolute Gasteiger partial charge is 0.477 e. The van der Waals surface area contributed by atoms with Crippen molar-refractivity contribution in [1.29, 1.82) is 0 Å². The Labute approximate surface area is 105 Å². The first-order valence-corrected chi connectivity index (χ1v) is 6.03. The Bertz CT molecular complexity index is 601. The number of aromatic carboxylic acids is 1. The molecule has 2 heterocycles. The zero-order chi connectivity index (χ0) is 12.9. The molecule has 0 unspecified atom stereocenters. The van der Waals surface area contributed by atoms with Crippen molar-refractivity contribution >= 4 is 5.97 Å². The molecule has 0 spiro atoms. The Hall–Kier alpha value is -2.04. The van der Waals surface area contributed by atoms with Crippen molar-refractivity contribution in [2.75, 3.05) is 0 Å². The maximum absolute atomic E-state index is 11.2. The van der Waals surface area contributed by atoms with Gasteiger partial charge in [0.15, 0.2) is 0 Å². The summed E-state index contributed by atoms with van der Waals surface area (Å²) in [5, 5.41) is 13.6. The molecule has 1 aliphatic rings. The molecule has 0 saturated heterocycles. The minimum Gasteiger partial charge on any atom is -0.477 e. The quantitative estimate of drug-likeness (QED) is 0.902. The average Bonchev–Trinajstić information content (AvgIpc) is 2.96. The Balaban J connectivity index is 2.14. The molecule has 0 atom stereocenters. The van der Waals surface area contributed by atoms with Crippen molar-refractivity contribution < 1.29 is 9.90 Å². The molecule has 0 aliphatic heterocycles. The number of nitrogens with zero attached hydrogens (tertiary/aromatic N) is 3. The Kier molecular flexibility index (Phi) is 2.29. The van der Waals surface area contributed by atoms with Gasteiger partial charge in [-0.3, -0.25) is 4.68 Å². The Morgan fingerprint density at radius 2 is 2.17 bits per heavy atom. The second-order valence-corrected chi connectivity index (χ2v) is 4.80. The minimum absolute atomic E-state index is 0.323. The zero-order valence-electron chi connectivity index (χ0n) is 10.4. The van der Waals surface area contributed by atoms with Crippen LogP contribution in [0, 0.1) is 6.92 Å². The van der Waals surface area contributed by atoms with Crippen LogP contribution in [0.3, 0.4) is 0 Å². The molecule has 5 nitrogen and oxygen atoms in total. The van der Waals surface area contributed by atoms with E-state index in [0.717, 1.165) is 29.9 Å². The summed E-state index contributed by atoms with van der Waals surface area (Å²) in [4.78, 5) is 11.2. The van der Waals surface area contributed by atoms with Gasteiger partial charge in [0.05, 0.1) is 5.69 Å². The highest BCUT2D eigenvalue weighted by molar-refractivity contribution is 5.87. The number of aromatic nitrogens is 3. The highest BCUT2D eigenvalue weighted by atomic mass is 16.4. The molecular weight excluding hydrogens is 230 g/mol. The second-order valence-electron chi connectivity index (χ2n) is 4.80. The van der Waals surface area contributed by atoms with Crippen LogP contribution >= 0.6 is 0 Å². The fraction of sp³-hybridized carbons (Fsp3) is 0.385. The van der Waals surface area contributed by atoms with Crippen LogP contribution in [0.25, 0.3) is 11.4 Å².